The Kier molecular flexibility index (Phi) is 4.99. The molecule has 112 valence electrons. The van der Waals surface area contributed by atoms with Crippen molar-refractivity contribution in [2.75, 3.05) is 43.9 Å². The smallest absolute Gasteiger partial charge is 0.150 e. The molecule has 1 aliphatic heterocycles. The van der Waals surface area contributed by atoms with Crippen molar-refractivity contribution in [3.05, 3.63) is 16.1 Å². The summed E-state index contributed by atoms with van der Waals surface area (Å²) in [5.74, 6) is 2.11. The van der Waals surface area contributed by atoms with Crippen molar-refractivity contribution in [2.24, 2.45) is 5.92 Å². The van der Waals surface area contributed by atoms with Crippen molar-refractivity contribution in [2.45, 2.75) is 19.9 Å². The first-order valence-corrected chi connectivity index (χ1v) is 7.70. The lowest BCUT2D eigenvalue weighted by molar-refractivity contribution is 0.266. The molecule has 1 saturated heterocycles. The lowest BCUT2D eigenvalue weighted by atomic mass is 10.1. The van der Waals surface area contributed by atoms with Crippen molar-refractivity contribution in [1.82, 2.24) is 9.88 Å². The Morgan fingerprint density at radius 2 is 2.05 bits per heavy atom. The van der Waals surface area contributed by atoms with E-state index in [0.29, 0.717) is 27.8 Å². The minimum Gasteiger partial charge on any atom is -0.369 e. The van der Waals surface area contributed by atoms with Crippen LogP contribution in [0.25, 0.3) is 0 Å². The highest BCUT2D eigenvalue weighted by atomic mass is 35.5. The third-order valence-electron chi connectivity index (χ3n) is 3.79. The van der Waals surface area contributed by atoms with Crippen LogP contribution in [0.15, 0.2) is 6.07 Å². The van der Waals surface area contributed by atoms with Gasteiger partial charge in [0.15, 0.2) is 0 Å². The summed E-state index contributed by atoms with van der Waals surface area (Å²) in [4.78, 5) is 9.11. The van der Waals surface area contributed by atoms with Gasteiger partial charge in [-0.3, -0.25) is 0 Å². The number of nitrogens with zero attached hydrogens (tertiary/aromatic N) is 3. The van der Waals surface area contributed by atoms with Crippen LogP contribution in [0, 0.1) is 5.92 Å². The second-order valence-electron chi connectivity index (χ2n) is 5.57. The van der Waals surface area contributed by atoms with Gasteiger partial charge in [0.2, 0.25) is 0 Å². The Hall–Kier alpha value is -0.710. The lowest BCUT2D eigenvalue weighted by Gasteiger charge is -2.23. The zero-order valence-corrected chi connectivity index (χ0v) is 14.0. The van der Waals surface area contributed by atoms with Crippen LogP contribution in [0.2, 0.25) is 10.0 Å². The standard InChI is InChI=1S/C14H22Cl2N4/c1-5-17-13-10(15)6-11(16)14(18-13)20-7-9(2)12(8-20)19(3)4/h6,9,12H,5,7-8H2,1-4H3,(H,17,18). The molecule has 4 nitrogen and oxygen atoms in total. The van der Waals surface area contributed by atoms with Crippen LogP contribution in [0.5, 0.6) is 0 Å². The van der Waals surface area contributed by atoms with Gasteiger partial charge in [-0.15, -0.1) is 0 Å². The van der Waals surface area contributed by atoms with E-state index in [0.717, 1.165) is 25.5 Å². The van der Waals surface area contributed by atoms with Gasteiger partial charge in [-0.1, -0.05) is 30.1 Å². The van der Waals surface area contributed by atoms with Crippen LogP contribution in [-0.4, -0.2) is 49.7 Å². The van der Waals surface area contributed by atoms with Gasteiger partial charge in [-0.2, -0.15) is 0 Å². The van der Waals surface area contributed by atoms with Crippen LogP contribution in [0.1, 0.15) is 13.8 Å². The summed E-state index contributed by atoms with van der Waals surface area (Å²) in [7, 11) is 4.23. The van der Waals surface area contributed by atoms with E-state index in [4.69, 9.17) is 23.2 Å². The molecule has 0 radical (unpaired) electrons. The van der Waals surface area contributed by atoms with Crippen LogP contribution in [-0.2, 0) is 0 Å². The fraction of sp³-hybridized carbons (Fsp3) is 0.643. The van der Waals surface area contributed by atoms with Crippen LogP contribution >= 0.6 is 23.2 Å². The molecule has 0 amide bonds. The lowest BCUT2D eigenvalue weighted by Crippen LogP contribution is -2.34. The molecule has 0 aromatic carbocycles. The predicted octanol–water partition coefficient (Wildman–Crippen LogP) is 3.21. The maximum Gasteiger partial charge on any atom is 0.150 e. The van der Waals surface area contributed by atoms with Crippen molar-refractivity contribution in [3.63, 3.8) is 0 Å². The Morgan fingerprint density at radius 1 is 1.35 bits per heavy atom. The maximum atomic E-state index is 6.33. The molecule has 0 bridgehead atoms. The summed E-state index contributed by atoms with van der Waals surface area (Å²) in [6.07, 6.45) is 0. The Morgan fingerprint density at radius 3 is 2.60 bits per heavy atom. The number of likely N-dealkylation sites (N-methyl/N-ethyl adjacent to an activating group) is 1. The number of hydrogen-bond donors (Lipinski definition) is 1. The average molecular weight is 317 g/mol. The van der Waals surface area contributed by atoms with E-state index in [1.165, 1.54) is 0 Å². The first-order chi connectivity index (χ1) is 9.43. The van der Waals surface area contributed by atoms with E-state index in [2.05, 4.69) is 41.1 Å². The number of hydrogen-bond acceptors (Lipinski definition) is 4. The van der Waals surface area contributed by atoms with Crippen molar-refractivity contribution in [3.8, 4) is 0 Å². The fourth-order valence-electron chi connectivity index (χ4n) is 2.76. The molecular weight excluding hydrogens is 295 g/mol. The highest BCUT2D eigenvalue weighted by Crippen LogP contribution is 2.34. The predicted molar refractivity (Wildman–Crippen MR) is 87.3 cm³/mol. The van der Waals surface area contributed by atoms with Crippen LogP contribution in [0.3, 0.4) is 0 Å². The molecule has 2 atom stereocenters. The monoisotopic (exact) mass is 316 g/mol. The van der Waals surface area contributed by atoms with E-state index in [1.807, 2.05) is 6.92 Å². The van der Waals surface area contributed by atoms with Crippen molar-refractivity contribution < 1.29 is 0 Å². The third-order valence-corrected chi connectivity index (χ3v) is 4.36. The highest BCUT2D eigenvalue weighted by Gasteiger charge is 2.32. The number of rotatable bonds is 4. The van der Waals surface area contributed by atoms with Crippen molar-refractivity contribution in [1.29, 1.82) is 0 Å². The van der Waals surface area contributed by atoms with Gasteiger partial charge >= 0.3 is 0 Å². The molecule has 0 aliphatic carbocycles. The summed E-state index contributed by atoms with van der Waals surface area (Å²) < 4.78 is 0. The summed E-state index contributed by atoms with van der Waals surface area (Å²) in [6, 6.07) is 2.29. The third kappa shape index (κ3) is 3.13. The number of nitrogens with one attached hydrogen (secondary N) is 1. The molecule has 2 rings (SSSR count). The number of pyridine rings is 1. The van der Waals surface area contributed by atoms with Gasteiger partial charge in [0, 0.05) is 25.7 Å². The highest BCUT2D eigenvalue weighted by molar-refractivity contribution is 6.37. The number of anilines is 2. The molecule has 0 saturated carbocycles. The van der Waals surface area contributed by atoms with E-state index in [1.54, 1.807) is 6.07 Å². The summed E-state index contributed by atoms with van der Waals surface area (Å²) in [5, 5.41) is 4.35. The fourth-order valence-corrected chi connectivity index (χ4v) is 3.31. The minimum atomic E-state index is 0.520. The summed E-state index contributed by atoms with van der Waals surface area (Å²) in [6.45, 7) is 6.97. The zero-order valence-electron chi connectivity index (χ0n) is 12.5. The Labute approximate surface area is 131 Å². The molecule has 20 heavy (non-hydrogen) atoms. The van der Waals surface area contributed by atoms with E-state index >= 15 is 0 Å². The van der Waals surface area contributed by atoms with E-state index < -0.39 is 0 Å². The van der Waals surface area contributed by atoms with E-state index in [-0.39, 0.29) is 0 Å². The molecule has 1 aromatic heterocycles. The van der Waals surface area contributed by atoms with Gasteiger partial charge in [0.25, 0.3) is 0 Å². The Balaban J connectivity index is 2.27. The normalized spacial score (nSPS) is 22.6. The molecule has 1 aliphatic rings. The summed E-state index contributed by atoms with van der Waals surface area (Å²) in [5.41, 5.74) is 0. The molecule has 1 fully saturated rings. The molecule has 1 N–H and O–H groups in total. The minimum absolute atomic E-state index is 0.520. The van der Waals surface area contributed by atoms with E-state index in [9.17, 15) is 0 Å². The topological polar surface area (TPSA) is 31.4 Å². The van der Waals surface area contributed by atoms with Crippen LogP contribution < -0.4 is 10.2 Å². The van der Waals surface area contributed by atoms with Crippen LogP contribution in [0.4, 0.5) is 11.6 Å². The second-order valence-corrected chi connectivity index (χ2v) is 6.38. The SMILES string of the molecule is CCNc1nc(N2CC(C)C(N(C)C)C2)c(Cl)cc1Cl. The molecule has 0 spiro atoms. The first kappa shape index (κ1) is 15.7. The van der Waals surface area contributed by atoms with Gasteiger partial charge in [-0.25, -0.2) is 4.98 Å². The van der Waals surface area contributed by atoms with Gasteiger partial charge < -0.3 is 15.1 Å². The first-order valence-electron chi connectivity index (χ1n) is 6.95. The molecule has 2 unspecified atom stereocenters. The largest absolute Gasteiger partial charge is 0.369 e. The number of halogens is 2. The zero-order chi connectivity index (χ0) is 14.9. The average Bonchev–Trinajstić information content (AvgIpc) is 2.75. The van der Waals surface area contributed by atoms with Gasteiger partial charge in [0.1, 0.15) is 11.6 Å². The molecular formula is C14H22Cl2N4. The number of aromatic nitrogens is 1. The molecule has 1 aromatic rings. The molecule has 2 heterocycles. The van der Waals surface area contributed by atoms with Crippen molar-refractivity contribution >= 4 is 34.8 Å². The second kappa shape index (κ2) is 6.37. The summed E-state index contributed by atoms with van der Waals surface area (Å²) >= 11 is 12.5. The van der Waals surface area contributed by atoms with Gasteiger partial charge in [0.05, 0.1) is 10.0 Å². The quantitative estimate of drug-likeness (QED) is 0.924. The maximum absolute atomic E-state index is 6.33. The molecule has 6 heteroatoms. The Bertz CT molecular complexity index is 478. The van der Waals surface area contributed by atoms with Gasteiger partial charge in [-0.05, 0) is 33.0 Å².